The molecule has 0 aromatic rings. The van der Waals surface area contributed by atoms with Crippen molar-refractivity contribution in [3.05, 3.63) is 0 Å². The number of carbonyl (C=O) groups excluding carboxylic acids is 1. The highest BCUT2D eigenvalue weighted by Gasteiger charge is 2.47. The average molecular weight is 185 g/mol. The zero-order valence-corrected chi connectivity index (χ0v) is 8.34. The molecule has 0 amide bonds. The first-order valence-electron chi connectivity index (χ1n) is 5.15. The molecular formula is C10H19NO2. The minimum atomic E-state index is -0.606. The summed E-state index contributed by atoms with van der Waals surface area (Å²) in [4.78, 5) is 11.2. The first-order chi connectivity index (χ1) is 6.19. The molecule has 1 rings (SSSR count). The lowest BCUT2D eigenvalue weighted by Crippen LogP contribution is -2.34. The summed E-state index contributed by atoms with van der Waals surface area (Å²) < 4.78 is 5.05. The van der Waals surface area contributed by atoms with E-state index in [1.54, 1.807) is 0 Å². The number of hydrogen-bond donors (Lipinski definition) is 1. The molecule has 1 aliphatic rings. The van der Waals surface area contributed by atoms with Crippen LogP contribution in [0.4, 0.5) is 0 Å². The molecule has 2 N–H and O–H groups in total. The monoisotopic (exact) mass is 185 g/mol. The fourth-order valence-electron chi connectivity index (χ4n) is 1.18. The summed E-state index contributed by atoms with van der Waals surface area (Å²) in [6.07, 6.45) is 6.11. The number of esters is 1. The van der Waals surface area contributed by atoms with E-state index in [9.17, 15) is 4.79 Å². The second-order valence-corrected chi connectivity index (χ2v) is 3.85. The Labute approximate surface area is 79.6 Å². The van der Waals surface area contributed by atoms with Crippen LogP contribution in [-0.4, -0.2) is 18.1 Å². The van der Waals surface area contributed by atoms with Crippen molar-refractivity contribution < 1.29 is 9.53 Å². The van der Waals surface area contributed by atoms with E-state index in [1.165, 1.54) is 12.8 Å². The molecule has 0 spiro atoms. The largest absolute Gasteiger partial charge is 0.464 e. The number of nitrogens with two attached hydrogens (primary N) is 1. The van der Waals surface area contributed by atoms with Crippen molar-refractivity contribution in [2.24, 2.45) is 5.73 Å². The van der Waals surface area contributed by atoms with E-state index >= 15 is 0 Å². The third-order valence-corrected chi connectivity index (χ3v) is 2.43. The molecule has 0 atom stereocenters. The number of rotatable bonds is 6. The van der Waals surface area contributed by atoms with Crippen LogP contribution in [0.5, 0.6) is 0 Å². The van der Waals surface area contributed by atoms with Gasteiger partial charge >= 0.3 is 5.97 Å². The Morgan fingerprint density at radius 1 is 1.38 bits per heavy atom. The minimum Gasteiger partial charge on any atom is -0.464 e. The Kier molecular flexibility index (Phi) is 3.72. The molecule has 0 radical (unpaired) electrons. The summed E-state index contributed by atoms with van der Waals surface area (Å²) >= 11 is 0. The Bertz CT molecular complexity index is 176. The topological polar surface area (TPSA) is 52.3 Å². The number of hydrogen-bond acceptors (Lipinski definition) is 3. The molecule has 76 valence electrons. The van der Waals surface area contributed by atoms with Gasteiger partial charge in [-0.15, -0.1) is 0 Å². The highest BCUT2D eigenvalue weighted by atomic mass is 16.5. The first kappa shape index (κ1) is 10.5. The van der Waals surface area contributed by atoms with E-state index in [4.69, 9.17) is 10.5 Å². The molecule has 0 aromatic heterocycles. The van der Waals surface area contributed by atoms with Crippen LogP contribution in [-0.2, 0) is 9.53 Å². The third kappa shape index (κ3) is 3.35. The maximum atomic E-state index is 11.2. The second kappa shape index (κ2) is 4.61. The van der Waals surface area contributed by atoms with E-state index in [-0.39, 0.29) is 5.97 Å². The quantitative estimate of drug-likeness (QED) is 0.505. The maximum Gasteiger partial charge on any atom is 0.326 e. The Balaban J connectivity index is 1.96. The fraction of sp³-hybridized carbons (Fsp3) is 0.900. The zero-order chi connectivity index (χ0) is 9.73. The van der Waals surface area contributed by atoms with Gasteiger partial charge in [0.15, 0.2) is 0 Å². The molecule has 3 heteroatoms. The van der Waals surface area contributed by atoms with Crippen LogP contribution in [0.3, 0.4) is 0 Å². The van der Waals surface area contributed by atoms with Gasteiger partial charge in [0.1, 0.15) is 5.54 Å². The number of carbonyl (C=O) groups is 1. The summed E-state index contributed by atoms with van der Waals surface area (Å²) in [6.45, 7) is 2.70. The summed E-state index contributed by atoms with van der Waals surface area (Å²) in [6, 6.07) is 0. The van der Waals surface area contributed by atoms with Crippen LogP contribution in [0, 0.1) is 0 Å². The maximum absolute atomic E-state index is 11.2. The normalized spacial score (nSPS) is 18.3. The van der Waals surface area contributed by atoms with E-state index in [1.807, 2.05) is 0 Å². The molecule has 0 saturated heterocycles. The summed E-state index contributed by atoms with van der Waals surface area (Å²) in [5.41, 5.74) is 5.05. The lowest BCUT2D eigenvalue weighted by Gasteiger charge is -2.08. The van der Waals surface area contributed by atoms with Crippen molar-refractivity contribution in [1.29, 1.82) is 0 Å². The van der Waals surface area contributed by atoms with Gasteiger partial charge in [-0.2, -0.15) is 0 Å². The summed E-state index contributed by atoms with van der Waals surface area (Å²) in [5, 5.41) is 0. The number of unbranched alkanes of at least 4 members (excludes halogenated alkanes) is 3. The van der Waals surface area contributed by atoms with Crippen LogP contribution in [0.15, 0.2) is 0 Å². The predicted octanol–water partition coefficient (Wildman–Crippen LogP) is 1.60. The van der Waals surface area contributed by atoms with Gasteiger partial charge < -0.3 is 10.5 Å². The Morgan fingerprint density at radius 3 is 2.62 bits per heavy atom. The van der Waals surface area contributed by atoms with E-state index in [0.717, 1.165) is 25.7 Å². The van der Waals surface area contributed by atoms with Crippen molar-refractivity contribution in [3.63, 3.8) is 0 Å². The molecule has 0 aromatic carbocycles. The second-order valence-electron chi connectivity index (χ2n) is 3.85. The lowest BCUT2D eigenvalue weighted by atomic mass is 10.2. The van der Waals surface area contributed by atoms with Gasteiger partial charge in [-0.25, -0.2) is 0 Å². The van der Waals surface area contributed by atoms with Gasteiger partial charge in [-0.1, -0.05) is 26.2 Å². The Morgan fingerprint density at radius 2 is 2.08 bits per heavy atom. The third-order valence-electron chi connectivity index (χ3n) is 2.43. The molecule has 1 saturated carbocycles. The zero-order valence-electron chi connectivity index (χ0n) is 8.34. The van der Waals surface area contributed by atoms with Gasteiger partial charge in [-0.3, -0.25) is 4.79 Å². The molecule has 1 fully saturated rings. The highest BCUT2D eigenvalue weighted by Crippen LogP contribution is 2.33. The van der Waals surface area contributed by atoms with Crippen LogP contribution in [0.2, 0.25) is 0 Å². The van der Waals surface area contributed by atoms with Crippen LogP contribution in [0.25, 0.3) is 0 Å². The molecule has 3 nitrogen and oxygen atoms in total. The van der Waals surface area contributed by atoms with E-state index in [0.29, 0.717) is 6.61 Å². The van der Waals surface area contributed by atoms with Crippen LogP contribution in [0.1, 0.15) is 45.4 Å². The number of ether oxygens (including phenoxy) is 1. The van der Waals surface area contributed by atoms with E-state index < -0.39 is 5.54 Å². The average Bonchev–Trinajstić information content (AvgIpc) is 2.84. The van der Waals surface area contributed by atoms with Gasteiger partial charge in [-0.05, 0) is 19.3 Å². The molecule has 0 aliphatic heterocycles. The van der Waals surface area contributed by atoms with Crippen LogP contribution >= 0.6 is 0 Å². The molecule has 0 unspecified atom stereocenters. The van der Waals surface area contributed by atoms with E-state index in [2.05, 4.69) is 6.92 Å². The summed E-state index contributed by atoms with van der Waals surface area (Å²) in [7, 11) is 0. The standard InChI is InChI=1S/C10H19NO2/c1-2-3-4-5-8-13-9(12)10(11)6-7-10/h2-8,11H2,1H3. The lowest BCUT2D eigenvalue weighted by molar-refractivity contribution is -0.146. The molecule has 0 heterocycles. The predicted molar refractivity (Wildman–Crippen MR) is 51.3 cm³/mol. The van der Waals surface area contributed by atoms with Crippen molar-refractivity contribution in [2.45, 2.75) is 51.0 Å². The van der Waals surface area contributed by atoms with Gasteiger partial charge in [0.25, 0.3) is 0 Å². The summed E-state index contributed by atoms with van der Waals surface area (Å²) in [5.74, 6) is -0.205. The molecular weight excluding hydrogens is 166 g/mol. The highest BCUT2D eigenvalue weighted by molar-refractivity contribution is 5.83. The van der Waals surface area contributed by atoms with Gasteiger partial charge in [0.05, 0.1) is 6.61 Å². The first-order valence-corrected chi connectivity index (χ1v) is 5.15. The van der Waals surface area contributed by atoms with Crippen LogP contribution < -0.4 is 5.73 Å². The van der Waals surface area contributed by atoms with Crippen molar-refractivity contribution >= 4 is 5.97 Å². The smallest absolute Gasteiger partial charge is 0.326 e. The molecule has 13 heavy (non-hydrogen) atoms. The van der Waals surface area contributed by atoms with Crippen molar-refractivity contribution in [2.75, 3.05) is 6.61 Å². The fourth-order valence-corrected chi connectivity index (χ4v) is 1.18. The molecule has 0 bridgehead atoms. The SMILES string of the molecule is CCCCCCOC(=O)C1(N)CC1. The minimum absolute atomic E-state index is 0.205. The molecule has 1 aliphatic carbocycles. The van der Waals surface area contributed by atoms with Crippen molar-refractivity contribution in [1.82, 2.24) is 0 Å². The Hall–Kier alpha value is -0.570. The van der Waals surface area contributed by atoms with Gasteiger partial charge in [0, 0.05) is 0 Å². The van der Waals surface area contributed by atoms with Crippen molar-refractivity contribution in [3.8, 4) is 0 Å². The van der Waals surface area contributed by atoms with Gasteiger partial charge in [0.2, 0.25) is 0 Å².